The lowest BCUT2D eigenvalue weighted by molar-refractivity contribution is -0.689. The Kier molecular flexibility index (Phi) is 10.6. The van der Waals surface area contributed by atoms with Crippen molar-refractivity contribution in [2.75, 3.05) is 0 Å². The van der Waals surface area contributed by atoms with Crippen LogP contribution in [0.5, 0.6) is 0 Å². The Morgan fingerprint density at radius 2 is 0.971 bits per heavy atom. The molecule has 0 amide bonds. The first-order chi connectivity index (χ1) is 15.5. The molecule has 34 heavy (non-hydrogen) atoms. The third kappa shape index (κ3) is 7.33. The Bertz CT molecular complexity index is 1130. The second-order valence-corrected chi connectivity index (χ2v) is 7.77. The highest BCUT2D eigenvalue weighted by atomic mass is 79.9. The van der Waals surface area contributed by atoms with E-state index >= 15 is 0 Å². The standard InChI is InChI=1S/C24H24B2N2O4.2BrH/c29-25(30)23-9-1-5-19(13-23)15-27-11-3-7-21(17-27)22-8-4-12-28(18-22)16-20-6-2-10-24(14-20)26(31)32;;/h1-14,17-18,29-32H,15-16H2;2*1H/q+2;;/p-2. The first-order valence-corrected chi connectivity index (χ1v) is 10.4. The molecule has 0 aliphatic carbocycles. The molecule has 0 spiro atoms. The first kappa shape index (κ1) is 27.9. The lowest BCUT2D eigenvalue weighted by Gasteiger charge is -2.05. The van der Waals surface area contributed by atoms with Crippen LogP contribution < -0.4 is 54.0 Å². The normalized spacial score (nSPS) is 10.1. The molecule has 10 heteroatoms. The molecule has 4 N–H and O–H groups in total. The third-order valence-corrected chi connectivity index (χ3v) is 5.28. The predicted octanol–water partition coefficient (Wildman–Crippen LogP) is -6.61. The van der Waals surface area contributed by atoms with E-state index in [1.54, 1.807) is 24.3 Å². The van der Waals surface area contributed by atoms with Crippen molar-refractivity contribution in [1.82, 2.24) is 0 Å². The van der Waals surface area contributed by atoms with Gasteiger partial charge in [0.25, 0.3) is 0 Å². The molecular formula is C24H24B2Br2N2O4. The van der Waals surface area contributed by atoms with Gasteiger partial charge in [0, 0.05) is 23.3 Å². The number of rotatable bonds is 7. The van der Waals surface area contributed by atoms with Gasteiger partial charge < -0.3 is 54.1 Å². The minimum atomic E-state index is -1.48. The Morgan fingerprint density at radius 3 is 1.35 bits per heavy atom. The van der Waals surface area contributed by atoms with E-state index in [1.165, 1.54) is 0 Å². The molecular weight excluding hydrogens is 562 g/mol. The van der Waals surface area contributed by atoms with Gasteiger partial charge in [0.15, 0.2) is 37.9 Å². The number of pyridine rings is 2. The van der Waals surface area contributed by atoms with Gasteiger partial charge in [-0.3, -0.25) is 0 Å². The smallest absolute Gasteiger partial charge is 0.488 e. The zero-order valence-corrected chi connectivity index (χ0v) is 21.4. The molecule has 2 heterocycles. The predicted molar refractivity (Wildman–Crippen MR) is 123 cm³/mol. The fraction of sp³-hybridized carbons (Fsp3) is 0.0833. The molecule has 0 saturated carbocycles. The van der Waals surface area contributed by atoms with E-state index in [0.717, 1.165) is 22.3 Å². The lowest BCUT2D eigenvalue weighted by Crippen LogP contribution is -3.00. The molecule has 6 nitrogen and oxygen atoms in total. The van der Waals surface area contributed by atoms with Crippen LogP contribution in [-0.2, 0) is 13.1 Å². The summed E-state index contributed by atoms with van der Waals surface area (Å²) in [7, 11) is -2.96. The topological polar surface area (TPSA) is 88.7 Å². The summed E-state index contributed by atoms with van der Waals surface area (Å²) in [5.74, 6) is 0. The highest BCUT2D eigenvalue weighted by Gasteiger charge is 2.15. The number of aromatic nitrogens is 2. The molecule has 0 atom stereocenters. The number of benzene rings is 2. The van der Waals surface area contributed by atoms with Gasteiger partial charge in [-0.25, -0.2) is 9.13 Å². The number of hydrogen-bond acceptors (Lipinski definition) is 4. The quantitative estimate of drug-likeness (QED) is 0.128. The van der Waals surface area contributed by atoms with Crippen molar-refractivity contribution in [2.45, 2.75) is 13.1 Å². The largest absolute Gasteiger partial charge is 1.00 e. The van der Waals surface area contributed by atoms with E-state index in [4.69, 9.17) is 0 Å². The number of nitrogens with zero attached hydrogens (tertiary/aromatic N) is 2. The summed E-state index contributed by atoms with van der Waals surface area (Å²) in [5.41, 5.74) is 5.01. The number of hydrogen-bond donors (Lipinski definition) is 4. The van der Waals surface area contributed by atoms with Crippen molar-refractivity contribution in [3.05, 3.63) is 109 Å². The molecule has 0 radical (unpaired) electrons. The summed E-state index contributed by atoms with van der Waals surface area (Å²) in [6, 6.07) is 22.6. The van der Waals surface area contributed by atoms with Crippen LogP contribution in [-0.4, -0.2) is 34.3 Å². The van der Waals surface area contributed by atoms with Crippen molar-refractivity contribution >= 4 is 25.2 Å². The van der Waals surface area contributed by atoms with Crippen LogP contribution in [0.2, 0.25) is 0 Å². The highest BCUT2D eigenvalue weighted by Crippen LogP contribution is 2.15. The lowest BCUT2D eigenvalue weighted by atomic mass is 9.79. The first-order valence-electron chi connectivity index (χ1n) is 10.4. The van der Waals surface area contributed by atoms with Gasteiger partial charge in [-0.1, -0.05) is 48.5 Å². The molecule has 0 fully saturated rings. The highest BCUT2D eigenvalue weighted by molar-refractivity contribution is 6.58. The molecule has 0 unspecified atom stereocenters. The Balaban J connectivity index is 0.00000204. The molecule has 4 rings (SSSR count). The van der Waals surface area contributed by atoms with Gasteiger partial charge in [-0.2, -0.15) is 0 Å². The minimum Gasteiger partial charge on any atom is -1.00 e. The van der Waals surface area contributed by atoms with Gasteiger partial charge in [-0.05, 0) is 23.1 Å². The van der Waals surface area contributed by atoms with Gasteiger partial charge in [0.1, 0.15) is 0 Å². The van der Waals surface area contributed by atoms with Crippen molar-refractivity contribution in [1.29, 1.82) is 0 Å². The minimum absolute atomic E-state index is 0. The van der Waals surface area contributed by atoms with E-state index in [1.807, 2.05) is 60.9 Å². The molecule has 2 aromatic carbocycles. The van der Waals surface area contributed by atoms with Gasteiger partial charge in [0.2, 0.25) is 0 Å². The monoisotopic (exact) mass is 584 g/mol. The second kappa shape index (κ2) is 12.9. The maximum Gasteiger partial charge on any atom is 0.488 e. The average molecular weight is 586 g/mol. The van der Waals surface area contributed by atoms with E-state index in [0.29, 0.717) is 24.0 Å². The van der Waals surface area contributed by atoms with E-state index in [9.17, 15) is 20.1 Å². The summed E-state index contributed by atoms with van der Waals surface area (Å²) in [4.78, 5) is 0. The molecule has 174 valence electrons. The van der Waals surface area contributed by atoms with Crippen LogP contribution in [0.3, 0.4) is 0 Å². The maximum atomic E-state index is 9.40. The zero-order valence-electron chi connectivity index (χ0n) is 18.2. The molecule has 0 aliphatic rings. The van der Waals surface area contributed by atoms with E-state index in [-0.39, 0.29) is 34.0 Å². The molecule has 2 aromatic heterocycles. The average Bonchev–Trinajstić information content (AvgIpc) is 2.80. The van der Waals surface area contributed by atoms with Crippen LogP contribution in [0.15, 0.2) is 97.6 Å². The summed E-state index contributed by atoms with van der Waals surface area (Å²) in [5, 5.41) is 37.6. The van der Waals surface area contributed by atoms with Gasteiger partial charge in [0.05, 0.1) is 11.1 Å². The van der Waals surface area contributed by atoms with Crippen molar-refractivity contribution in [3.63, 3.8) is 0 Å². The second-order valence-electron chi connectivity index (χ2n) is 7.77. The molecule has 4 aromatic rings. The summed E-state index contributed by atoms with van der Waals surface area (Å²) >= 11 is 0. The Labute approximate surface area is 220 Å². The zero-order chi connectivity index (χ0) is 22.5. The summed E-state index contributed by atoms with van der Waals surface area (Å²) in [6.45, 7) is 1.22. The van der Waals surface area contributed by atoms with Crippen molar-refractivity contribution < 1.29 is 63.2 Å². The number of halogens is 2. The van der Waals surface area contributed by atoms with Crippen molar-refractivity contribution in [3.8, 4) is 11.1 Å². The summed E-state index contributed by atoms with van der Waals surface area (Å²) < 4.78 is 4.11. The summed E-state index contributed by atoms with van der Waals surface area (Å²) in [6.07, 6.45) is 8.08. The van der Waals surface area contributed by atoms with Crippen molar-refractivity contribution in [2.24, 2.45) is 0 Å². The Morgan fingerprint density at radius 1 is 0.559 bits per heavy atom. The molecule has 0 saturated heterocycles. The van der Waals surface area contributed by atoms with Gasteiger partial charge in [-0.15, -0.1) is 0 Å². The molecule has 0 aliphatic heterocycles. The van der Waals surface area contributed by atoms with Crippen LogP contribution in [0, 0.1) is 0 Å². The maximum absolute atomic E-state index is 9.40. The third-order valence-electron chi connectivity index (χ3n) is 5.28. The van der Waals surface area contributed by atoms with E-state index in [2.05, 4.69) is 21.5 Å². The SMILES string of the molecule is OB(O)c1cccc(C[n+]2cccc(-c3ccc[n+](Cc4cccc(B(O)O)c4)c3)c2)c1.[Br-].[Br-]. The van der Waals surface area contributed by atoms with E-state index < -0.39 is 14.2 Å². The van der Waals surface area contributed by atoms with Crippen LogP contribution in [0.4, 0.5) is 0 Å². The van der Waals surface area contributed by atoms with Crippen LogP contribution >= 0.6 is 0 Å². The van der Waals surface area contributed by atoms with Crippen LogP contribution in [0.25, 0.3) is 11.1 Å². The molecule has 0 bridgehead atoms. The van der Waals surface area contributed by atoms with Crippen LogP contribution in [0.1, 0.15) is 11.1 Å². The Hall–Kier alpha value is -2.33. The fourth-order valence-electron chi connectivity index (χ4n) is 3.71. The fourth-order valence-corrected chi connectivity index (χ4v) is 3.71. The van der Waals surface area contributed by atoms with Gasteiger partial charge >= 0.3 is 14.2 Å².